The summed E-state index contributed by atoms with van der Waals surface area (Å²) in [4.78, 5) is 4.46. The molecule has 0 unspecified atom stereocenters. The van der Waals surface area contributed by atoms with Gasteiger partial charge in [0.2, 0.25) is 0 Å². The van der Waals surface area contributed by atoms with Crippen LogP contribution in [-0.4, -0.2) is 18.6 Å². The van der Waals surface area contributed by atoms with Crippen molar-refractivity contribution in [2.75, 3.05) is 13.7 Å². The monoisotopic (exact) mass is 276 g/mol. The summed E-state index contributed by atoms with van der Waals surface area (Å²) in [5.41, 5.74) is 3.74. The number of aryl methyl sites for hydroxylation is 1. The number of nitrogens with zero attached hydrogens (tertiary/aromatic N) is 1. The summed E-state index contributed by atoms with van der Waals surface area (Å²) in [7, 11) is 1.73. The molecule has 0 bridgehead atoms. The molecule has 4 heteroatoms. The third-order valence-corrected chi connectivity index (χ3v) is 3.78. The minimum absolute atomic E-state index is 0.670. The van der Waals surface area contributed by atoms with Gasteiger partial charge in [-0.1, -0.05) is 24.3 Å². The zero-order valence-corrected chi connectivity index (χ0v) is 12.3. The molecule has 0 atom stereocenters. The van der Waals surface area contributed by atoms with E-state index in [0.717, 1.165) is 24.5 Å². The van der Waals surface area contributed by atoms with Crippen molar-refractivity contribution in [1.82, 2.24) is 10.3 Å². The maximum atomic E-state index is 5.21. The van der Waals surface area contributed by atoms with Crippen molar-refractivity contribution in [3.05, 3.63) is 51.5 Å². The lowest BCUT2D eigenvalue weighted by Gasteiger charge is -2.09. The van der Waals surface area contributed by atoms with Crippen molar-refractivity contribution >= 4 is 11.3 Å². The van der Waals surface area contributed by atoms with E-state index < -0.39 is 0 Å². The Kier molecular flexibility index (Phi) is 5.51. The van der Waals surface area contributed by atoms with Crippen molar-refractivity contribution in [2.45, 2.75) is 26.5 Å². The van der Waals surface area contributed by atoms with E-state index in [0.29, 0.717) is 6.61 Å². The summed E-state index contributed by atoms with van der Waals surface area (Å²) in [6.45, 7) is 4.54. The van der Waals surface area contributed by atoms with Crippen molar-refractivity contribution in [3.63, 3.8) is 0 Å². The van der Waals surface area contributed by atoms with Crippen molar-refractivity contribution in [3.8, 4) is 0 Å². The summed E-state index contributed by atoms with van der Waals surface area (Å²) in [6.07, 6.45) is 0.983. The predicted molar refractivity (Wildman–Crippen MR) is 79.4 cm³/mol. The third-order valence-electron chi connectivity index (χ3n) is 2.96. The lowest BCUT2D eigenvalue weighted by molar-refractivity contribution is 0.184. The number of ether oxygens (including phenoxy) is 1. The summed E-state index contributed by atoms with van der Waals surface area (Å²) < 4.78 is 5.21. The molecule has 3 nitrogen and oxygen atoms in total. The van der Waals surface area contributed by atoms with Gasteiger partial charge in [-0.05, 0) is 18.1 Å². The summed E-state index contributed by atoms with van der Waals surface area (Å²) in [5.74, 6) is 0. The Balaban J connectivity index is 1.79. The van der Waals surface area contributed by atoms with Crippen LogP contribution in [0.3, 0.4) is 0 Å². The van der Waals surface area contributed by atoms with Crippen molar-refractivity contribution < 1.29 is 4.74 Å². The van der Waals surface area contributed by atoms with Crippen molar-refractivity contribution in [1.29, 1.82) is 0 Å². The maximum absolute atomic E-state index is 5.21. The van der Waals surface area contributed by atoms with Gasteiger partial charge in [-0.15, -0.1) is 11.3 Å². The topological polar surface area (TPSA) is 34.1 Å². The van der Waals surface area contributed by atoms with Gasteiger partial charge in [-0.2, -0.15) is 0 Å². The SMILES string of the molecule is COCc1ccccc1CNCCc1csc(C)n1. The van der Waals surface area contributed by atoms with E-state index in [4.69, 9.17) is 4.74 Å². The fourth-order valence-corrected chi connectivity index (χ4v) is 2.64. The molecule has 102 valence electrons. The second kappa shape index (κ2) is 7.38. The number of hydrogen-bond acceptors (Lipinski definition) is 4. The predicted octanol–water partition coefficient (Wildman–Crippen LogP) is 2.93. The van der Waals surface area contributed by atoms with Gasteiger partial charge in [0.25, 0.3) is 0 Å². The molecule has 2 aromatic rings. The number of benzene rings is 1. The third kappa shape index (κ3) is 4.42. The molecule has 19 heavy (non-hydrogen) atoms. The molecule has 0 radical (unpaired) electrons. The van der Waals surface area contributed by atoms with Gasteiger partial charge in [0.15, 0.2) is 0 Å². The van der Waals surface area contributed by atoms with Gasteiger partial charge >= 0.3 is 0 Å². The standard InChI is InChI=1S/C15H20N2OS/c1-12-17-15(11-19-12)7-8-16-9-13-5-3-4-6-14(13)10-18-2/h3-6,11,16H,7-10H2,1-2H3. The Morgan fingerprint density at radius 1 is 1.26 bits per heavy atom. The fourth-order valence-electron chi connectivity index (χ4n) is 1.99. The van der Waals surface area contributed by atoms with Crippen molar-refractivity contribution in [2.24, 2.45) is 0 Å². The zero-order valence-electron chi connectivity index (χ0n) is 11.5. The van der Waals surface area contributed by atoms with Gasteiger partial charge in [0.05, 0.1) is 17.3 Å². The van der Waals surface area contributed by atoms with E-state index in [1.165, 1.54) is 16.8 Å². The quantitative estimate of drug-likeness (QED) is 0.790. The number of thiazole rings is 1. The zero-order chi connectivity index (χ0) is 13.5. The van der Waals surface area contributed by atoms with Crippen LogP contribution in [0.15, 0.2) is 29.6 Å². The van der Waals surface area contributed by atoms with E-state index in [1.807, 2.05) is 6.92 Å². The van der Waals surface area contributed by atoms with Crippen LogP contribution in [0.4, 0.5) is 0 Å². The minimum Gasteiger partial charge on any atom is -0.380 e. The normalized spacial score (nSPS) is 10.8. The van der Waals surface area contributed by atoms with E-state index >= 15 is 0 Å². The highest BCUT2D eigenvalue weighted by molar-refractivity contribution is 7.09. The first-order valence-corrected chi connectivity index (χ1v) is 7.35. The number of methoxy groups -OCH3 is 1. The molecule has 0 aliphatic carbocycles. The Labute approximate surface area is 118 Å². The lowest BCUT2D eigenvalue weighted by atomic mass is 10.1. The fraction of sp³-hybridized carbons (Fsp3) is 0.400. The van der Waals surface area contributed by atoms with Gasteiger partial charge in [-0.25, -0.2) is 4.98 Å². The highest BCUT2D eigenvalue weighted by atomic mass is 32.1. The first-order valence-electron chi connectivity index (χ1n) is 6.47. The minimum atomic E-state index is 0.670. The molecule has 1 aromatic carbocycles. The lowest BCUT2D eigenvalue weighted by Crippen LogP contribution is -2.17. The first kappa shape index (κ1) is 14.2. The Morgan fingerprint density at radius 2 is 2.05 bits per heavy atom. The molecular formula is C15H20N2OS. The largest absolute Gasteiger partial charge is 0.380 e. The van der Waals surface area contributed by atoms with Crippen LogP contribution in [-0.2, 0) is 24.3 Å². The number of nitrogens with one attached hydrogen (secondary N) is 1. The van der Waals surface area contributed by atoms with Crippen LogP contribution in [0.2, 0.25) is 0 Å². The molecule has 1 heterocycles. The molecule has 0 fully saturated rings. The van der Waals surface area contributed by atoms with Crippen LogP contribution in [0, 0.1) is 6.92 Å². The van der Waals surface area contributed by atoms with E-state index in [2.05, 4.69) is 39.9 Å². The van der Waals surface area contributed by atoms with Gasteiger partial charge < -0.3 is 10.1 Å². The average molecular weight is 276 g/mol. The van der Waals surface area contributed by atoms with E-state index in [9.17, 15) is 0 Å². The molecular weight excluding hydrogens is 256 g/mol. The Morgan fingerprint density at radius 3 is 2.74 bits per heavy atom. The molecule has 0 amide bonds. The Bertz CT molecular complexity index is 510. The smallest absolute Gasteiger partial charge is 0.0897 e. The molecule has 0 aliphatic rings. The highest BCUT2D eigenvalue weighted by Gasteiger charge is 2.02. The Hall–Kier alpha value is -1.23. The number of aromatic nitrogens is 1. The molecule has 2 rings (SSSR count). The number of hydrogen-bond donors (Lipinski definition) is 1. The summed E-state index contributed by atoms with van der Waals surface area (Å²) in [5, 5.41) is 6.74. The van der Waals surface area contributed by atoms with Crippen LogP contribution < -0.4 is 5.32 Å². The maximum Gasteiger partial charge on any atom is 0.0897 e. The van der Waals surface area contributed by atoms with E-state index in [-0.39, 0.29) is 0 Å². The van der Waals surface area contributed by atoms with Gasteiger partial charge in [0.1, 0.15) is 0 Å². The van der Waals surface area contributed by atoms with E-state index in [1.54, 1.807) is 18.4 Å². The van der Waals surface area contributed by atoms with Crippen LogP contribution >= 0.6 is 11.3 Å². The molecule has 1 aromatic heterocycles. The second-order valence-corrected chi connectivity index (χ2v) is 5.55. The van der Waals surface area contributed by atoms with Crippen LogP contribution in [0.5, 0.6) is 0 Å². The van der Waals surface area contributed by atoms with Gasteiger partial charge in [0, 0.05) is 32.0 Å². The highest BCUT2D eigenvalue weighted by Crippen LogP contribution is 2.10. The second-order valence-electron chi connectivity index (χ2n) is 4.49. The summed E-state index contributed by atoms with van der Waals surface area (Å²) in [6, 6.07) is 8.38. The molecule has 0 spiro atoms. The molecule has 0 saturated carbocycles. The number of rotatable bonds is 7. The summed E-state index contributed by atoms with van der Waals surface area (Å²) >= 11 is 1.71. The van der Waals surface area contributed by atoms with Gasteiger partial charge in [-0.3, -0.25) is 0 Å². The molecule has 1 N–H and O–H groups in total. The van der Waals surface area contributed by atoms with Crippen LogP contribution in [0.1, 0.15) is 21.8 Å². The first-order chi connectivity index (χ1) is 9.29. The molecule has 0 saturated heterocycles. The van der Waals surface area contributed by atoms with Crippen LogP contribution in [0.25, 0.3) is 0 Å². The average Bonchev–Trinajstić information content (AvgIpc) is 2.83. The molecule has 0 aliphatic heterocycles.